The number of fused-ring (bicyclic) bond motifs is 5. The van der Waals surface area contributed by atoms with Crippen molar-refractivity contribution in [3.05, 3.63) is 100.0 Å². The number of amides is 1. The van der Waals surface area contributed by atoms with Crippen molar-refractivity contribution in [3.8, 4) is 22.6 Å². The summed E-state index contributed by atoms with van der Waals surface area (Å²) >= 11 is 0. The van der Waals surface area contributed by atoms with Crippen molar-refractivity contribution in [2.45, 2.75) is 39.2 Å². The van der Waals surface area contributed by atoms with E-state index in [1.807, 2.05) is 74.5 Å². The van der Waals surface area contributed by atoms with Gasteiger partial charge in [0, 0.05) is 16.8 Å². The van der Waals surface area contributed by atoms with Gasteiger partial charge >= 0.3 is 0 Å². The molecule has 0 fully saturated rings. The van der Waals surface area contributed by atoms with Gasteiger partial charge in [0.25, 0.3) is 11.5 Å². The topological polar surface area (TPSA) is 79.8 Å². The molecule has 6 rings (SSSR count). The summed E-state index contributed by atoms with van der Waals surface area (Å²) in [6.45, 7) is 7.75. The molecule has 1 N–H and O–H groups in total. The molecule has 0 saturated carbocycles. The summed E-state index contributed by atoms with van der Waals surface area (Å²) in [6, 6.07) is 22.2. The van der Waals surface area contributed by atoms with Gasteiger partial charge in [0.2, 0.25) is 5.54 Å². The van der Waals surface area contributed by atoms with Crippen LogP contribution in [0.4, 0.5) is 5.69 Å². The number of aromatic nitrogens is 2. The molecule has 0 radical (unpaired) electrons. The lowest BCUT2D eigenvalue weighted by atomic mass is 9.85. The number of carbonyl (C=O) groups excluding carboxylic acids is 1. The van der Waals surface area contributed by atoms with Crippen molar-refractivity contribution in [3.63, 3.8) is 0 Å². The molecule has 2 aliphatic rings. The second-order valence-electron chi connectivity index (χ2n) is 9.69. The minimum atomic E-state index is -1.30. The normalized spacial score (nSPS) is 18.2. The van der Waals surface area contributed by atoms with E-state index in [1.165, 1.54) is 5.01 Å². The standard InChI is InChI=1S/C29H26N4O3/c1-17(2)20-14-15-22(25(34)16-20)26-18(3)33-29(23-12-8-9-13-24(23)32(33)27(26)35)19(4)30-31(28(29)36)21-10-6-5-7-11-21/h5-17,34H,1-4H3. The van der Waals surface area contributed by atoms with Gasteiger partial charge in [-0.15, -0.1) is 0 Å². The molecule has 7 heteroatoms. The number of phenols is 1. The number of phenolic OH excluding ortho intramolecular Hbond substituents is 1. The highest BCUT2D eigenvalue weighted by Gasteiger charge is 2.59. The number of hydrazone groups is 1. The number of rotatable bonds is 3. The summed E-state index contributed by atoms with van der Waals surface area (Å²) in [7, 11) is 0. The number of nitrogens with zero attached hydrogens (tertiary/aromatic N) is 4. The van der Waals surface area contributed by atoms with Gasteiger partial charge in [-0.25, -0.2) is 4.68 Å². The molecule has 0 bridgehead atoms. The van der Waals surface area contributed by atoms with Crippen LogP contribution in [0.1, 0.15) is 43.5 Å². The third-order valence-corrected chi connectivity index (χ3v) is 7.36. The first-order chi connectivity index (χ1) is 17.3. The van der Waals surface area contributed by atoms with E-state index in [1.54, 1.807) is 21.5 Å². The van der Waals surface area contributed by atoms with E-state index in [0.717, 1.165) is 5.56 Å². The van der Waals surface area contributed by atoms with Gasteiger partial charge in [0.15, 0.2) is 0 Å². The van der Waals surface area contributed by atoms with Gasteiger partial charge in [-0.1, -0.05) is 62.4 Å². The molecule has 36 heavy (non-hydrogen) atoms. The molecule has 0 saturated heterocycles. The van der Waals surface area contributed by atoms with Crippen LogP contribution >= 0.6 is 0 Å². The van der Waals surface area contributed by atoms with E-state index < -0.39 is 5.54 Å². The molecule has 1 amide bonds. The zero-order chi connectivity index (χ0) is 25.4. The molecule has 3 heterocycles. The predicted octanol–water partition coefficient (Wildman–Crippen LogP) is 4.92. The molecule has 180 valence electrons. The van der Waals surface area contributed by atoms with Crippen molar-refractivity contribution in [2.24, 2.45) is 5.10 Å². The third-order valence-electron chi connectivity index (χ3n) is 7.36. The molecule has 1 aromatic heterocycles. The molecule has 2 aliphatic heterocycles. The smallest absolute Gasteiger partial charge is 0.285 e. The molecule has 1 atom stereocenters. The lowest BCUT2D eigenvalue weighted by Crippen LogP contribution is -2.48. The average molecular weight is 479 g/mol. The van der Waals surface area contributed by atoms with E-state index in [0.29, 0.717) is 39.5 Å². The molecule has 3 aromatic carbocycles. The van der Waals surface area contributed by atoms with Crippen LogP contribution < -0.4 is 10.6 Å². The van der Waals surface area contributed by atoms with Crippen LogP contribution in [-0.4, -0.2) is 26.1 Å². The van der Waals surface area contributed by atoms with Gasteiger partial charge in [-0.2, -0.15) is 10.1 Å². The highest BCUT2D eigenvalue weighted by Crippen LogP contribution is 2.46. The first kappa shape index (κ1) is 22.1. The maximum absolute atomic E-state index is 14.3. The summed E-state index contributed by atoms with van der Waals surface area (Å²) in [6.07, 6.45) is 0. The number of anilines is 1. The van der Waals surface area contributed by atoms with Crippen molar-refractivity contribution >= 4 is 17.3 Å². The Balaban J connectivity index is 1.64. The Morgan fingerprint density at radius 2 is 1.61 bits per heavy atom. The van der Waals surface area contributed by atoms with Crippen molar-refractivity contribution in [1.29, 1.82) is 0 Å². The van der Waals surface area contributed by atoms with Gasteiger partial charge < -0.3 is 5.11 Å². The second-order valence-corrected chi connectivity index (χ2v) is 9.69. The lowest BCUT2D eigenvalue weighted by molar-refractivity contribution is -0.122. The fraction of sp³-hybridized carbons (Fsp3) is 0.207. The van der Waals surface area contributed by atoms with Crippen LogP contribution in [0.15, 0.2) is 82.7 Å². The number of carbonyl (C=O) groups is 1. The maximum Gasteiger partial charge on any atom is 0.285 e. The lowest BCUT2D eigenvalue weighted by Gasteiger charge is -2.27. The Bertz CT molecular complexity index is 1640. The Morgan fingerprint density at radius 3 is 2.31 bits per heavy atom. The van der Waals surface area contributed by atoms with Gasteiger partial charge in [-0.3, -0.25) is 14.3 Å². The van der Waals surface area contributed by atoms with Gasteiger partial charge in [0.05, 0.1) is 22.6 Å². The molecule has 7 nitrogen and oxygen atoms in total. The SMILES string of the molecule is CC1=NN(c2ccccc2)C(=O)C12c1ccccc1-n1c(=O)c(-c3ccc(C(C)C)cc3O)c(C)n12. The molecular weight excluding hydrogens is 452 g/mol. The first-order valence-electron chi connectivity index (χ1n) is 12.0. The average Bonchev–Trinajstić information content (AvgIpc) is 3.43. The Kier molecular flexibility index (Phi) is 4.64. The Morgan fingerprint density at radius 1 is 0.917 bits per heavy atom. The maximum atomic E-state index is 14.3. The molecule has 4 aromatic rings. The van der Waals surface area contributed by atoms with Crippen LogP contribution in [0.5, 0.6) is 5.75 Å². The summed E-state index contributed by atoms with van der Waals surface area (Å²) in [5.41, 5.74) is 3.36. The minimum absolute atomic E-state index is 0.0441. The van der Waals surface area contributed by atoms with Gasteiger partial charge in [0.1, 0.15) is 5.75 Å². The zero-order valence-corrected chi connectivity index (χ0v) is 20.6. The number of hydrogen-bond donors (Lipinski definition) is 1. The predicted molar refractivity (Wildman–Crippen MR) is 140 cm³/mol. The van der Waals surface area contributed by atoms with Crippen molar-refractivity contribution in [1.82, 2.24) is 9.36 Å². The van der Waals surface area contributed by atoms with Crippen LogP contribution in [0.3, 0.4) is 0 Å². The summed E-state index contributed by atoms with van der Waals surface area (Å²) in [5.74, 6) is 0.0249. The molecule has 0 aliphatic carbocycles. The van der Waals surface area contributed by atoms with Gasteiger partial charge in [-0.05, 0) is 49.6 Å². The van der Waals surface area contributed by atoms with Crippen LogP contribution in [-0.2, 0) is 10.3 Å². The number of benzene rings is 3. The van der Waals surface area contributed by atoms with E-state index >= 15 is 0 Å². The monoisotopic (exact) mass is 478 g/mol. The summed E-state index contributed by atoms with van der Waals surface area (Å²) in [5, 5.41) is 17.0. The highest BCUT2D eigenvalue weighted by atomic mass is 16.3. The number of hydrogen-bond acceptors (Lipinski definition) is 4. The summed E-state index contributed by atoms with van der Waals surface area (Å²) < 4.78 is 3.32. The van der Waals surface area contributed by atoms with Crippen molar-refractivity contribution in [2.75, 3.05) is 5.01 Å². The van der Waals surface area contributed by atoms with Crippen LogP contribution in [0, 0.1) is 6.92 Å². The minimum Gasteiger partial charge on any atom is -0.507 e. The Hall–Kier alpha value is -4.39. The zero-order valence-electron chi connectivity index (χ0n) is 20.6. The largest absolute Gasteiger partial charge is 0.507 e. The van der Waals surface area contributed by atoms with E-state index in [9.17, 15) is 14.7 Å². The molecule has 1 unspecified atom stereocenters. The first-order valence-corrected chi connectivity index (χ1v) is 12.0. The second kappa shape index (κ2) is 7.55. The molecule has 1 spiro atoms. The molecular formula is C29H26N4O3. The third kappa shape index (κ3) is 2.65. The van der Waals surface area contributed by atoms with Crippen LogP contribution in [0.25, 0.3) is 16.8 Å². The fourth-order valence-electron chi connectivity index (χ4n) is 5.61. The fourth-order valence-corrected chi connectivity index (χ4v) is 5.61. The highest BCUT2D eigenvalue weighted by molar-refractivity contribution is 6.23. The number of para-hydroxylation sites is 2. The van der Waals surface area contributed by atoms with E-state index in [4.69, 9.17) is 0 Å². The van der Waals surface area contributed by atoms with Crippen LogP contribution in [0.2, 0.25) is 0 Å². The van der Waals surface area contributed by atoms with E-state index in [2.05, 4.69) is 18.9 Å². The Labute approximate surface area is 208 Å². The van der Waals surface area contributed by atoms with E-state index in [-0.39, 0.29) is 23.1 Å². The van der Waals surface area contributed by atoms with Crippen molar-refractivity contribution < 1.29 is 9.90 Å². The summed E-state index contributed by atoms with van der Waals surface area (Å²) in [4.78, 5) is 28.3. The quantitative estimate of drug-likeness (QED) is 0.454. The number of aromatic hydroxyl groups is 1.